The molecule has 0 heterocycles. The molecule has 0 saturated heterocycles. The van der Waals surface area contributed by atoms with Gasteiger partial charge in [0.25, 0.3) is 0 Å². The van der Waals surface area contributed by atoms with Gasteiger partial charge in [-0.25, -0.2) is 0 Å². The molecule has 0 aliphatic rings. The quantitative estimate of drug-likeness (QED) is 0.553. The van der Waals surface area contributed by atoms with Gasteiger partial charge >= 0.3 is 0 Å². The third kappa shape index (κ3) is 56.5. The Kier molecular flexibility index (Phi) is 25.0. The van der Waals surface area contributed by atoms with Gasteiger partial charge in [-0.3, -0.25) is 0 Å². The minimum absolute atomic E-state index is 0.881. The molecule has 0 aliphatic heterocycles. The molecule has 158 valence electrons. The maximum Gasteiger partial charge on any atom is 0.183 e. The second-order valence-corrected chi connectivity index (χ2v) is 22.6. The van der Waals surface area contributed by atoms with Crippen LogP contribution in [0.1, 0.15) is 13.8 Å². The van der Waals surface area contributed by atoms with Gasteiger partial charge in [-0.2, -0.15) is 0 Å². The number of benzene rings is 1. The topological polar surface area (TPSA) is 30.5 Å². The molecule has 0 saturated carbocycles. The summed E-state index contributed by atoms with van der Waals surface area (Å²) in [5.74, 6) is 0. The maximum atomic E-state index is 5.08. The molecular formula is C20H49NO2Si3. The molecule has 0 fully saturated rings. The average molecular weight is 420 g/mol. The first-order valence-electron chi connectivity index (χ1n) is 9.47. The van der Waals surface area contributed by atoms with Crippen molar-refractivity contribution in [1.82, 2.24) is 4.98 Å². The van der Waals surface area contributed by atoms with Crippen molar-refractivity contribution in [2.24, 2.45) is 0 Å². The molecule has 1 aromatic carbocycles. The molecule has 1 aromatic rings. The predicted octanol–water partition coefficient (Wildman–Crippen LogP) is 6.69. The minimum Gasteiger partial charge on any atom is -0.421 e. The van der Waals surface area contributed by atoms with Crippen molar-refractivity contribution in [3.8, 4) is 0 Å². The lowest BCUT2D eigenvalue weighted by Gasteiger charge is -2.11. The highest BCUT2D eigenvalue weighted by Gasteiger charge is 2.09. The zero-order valence-corrected chi connectivity index (χ0v) is 23.3. The van der Waals surface area contributed by atoms with Crippen LogP contribution in [0, 0.1) is 0 Å². The molecule has 1 N–H and O–H groups in total. The van der Waals surface area contributed by atoms with Crippen LogP contribution >= 0.6 is 0 Å². The average Bonchev–Trinajstić information content (AvgIpc) is 2.58. The summed E-state index contributed by atoms with van der Waals surface area (Å²) in [6, 6.07) is 12.0. The van der Waals surface area contributed by atoms with E-state index in [1.807, 2.05) is 57.3 Å². The molecule has 0 radical (unpaired) electrons. The summed E-state index contributed by atoms with van der Waals surface area (Å²) >= 11 is 0. The summed E-state index contributed by atoms with van der Waals surface area (Å²) in [6.45, 7) is 23.8. The van der Waals surface area contributed by atoms with Crippen LogP contribution in [0.3, 0.4) is 0 Å². The van der Waals surface area contributed by atoms with Crippen molar-refractivity contribution in [2.75, 3.05) is 21.3 Å². The van der Waals surface area contributed by atoms with Crippen molar-refractivity contribution in [1.29, 1.82) is 0 Å². The molecule has 0 spiro atoms. The Balaban J connectivity index is -0.000000120. The van der Waals surface area contributed by atoms with Gasteiger partial charge in [-0.05, 0) is 46.3 Å². The molecule has 3 nitrogen and oxygen atoms in total. The van der Waals surface area contributed by atoms with E-state index in [2.05, 4.69) is 63.9 Å². The van der Waals surface area contributed by atoms with E-state index in [9.17, 15) is 0 Å². The second kappa shape index (κ2) is 19.5. The number of rotatable bonds is 3. The van der Waals surface area contributed by atoms with Crippen molar-refractivity contribution in [2.45, 2.75) is 72.8 Å². The first-order valence-corrected chi connectivity index (χ1v) is 19.8. The van der Waals surface area contributed by atoms with E-state index in [0.717, 1.165) is 0 Å². The SMILES string of the molecule is CC.CN[Si](C)(C)C.CO[Si](C)(C)C.CO[Si](C)(C)C.c1ccccc1. The lowest BCUT2D eigenvalue weighted by molar-refractivity contribution is 0.410. The highest BCUT2D eigenvalue weighted by Crippen LogP contribution is 1.98. The van der Waals surface area contributed by atoms with E-state index >= 15 is 0 Å². The normalized spacial score (nSPS) is 10.4. The largest absolute Gasteiger partial charge is 0.421 e. The monoisotopic (exact) mass is 419 g/mol. The van der Waals surface area contributed by atoms with Crippen LogP contribution in [0.2, 0.25) is 58.9 Å². The van der Waals surface area contributed by atoms with Gasteiger partial charge < -0.3 is 13.8 Å². The number of hydrogen-bond acceptors (Lipinski definition) is 3. The van der Waals surface area contributed by atoms with Gasteiger partial charge in [0, 0.05) is 14.2 Å². The van der Waals surface area contributed by atoms with Crippen molar-refractivity contribution in [3.05, 3.63) is 36.4 Å². The zero-order chi connectivity index (χ0) is 21.9. The fourth-order valence-corrected chi connectivity index (χ4v) is 0.385. The molecule has 1 rings (SSSR count). The van der Waals surface area contributed by atoms with Crippen LogP contribution in [0.25, 0.3) is 0 Å². The molecule has 0 amide bonds. The van der Waals surface area contributed by atoms with E-state index in [1.165, 1.54) is 0 Å². The molecular weight excluding hydrogens is 370 g/mol. The fraction of sp³-hybridized carbons (Fsp3) is 0.700. The number of nitrogens with one attached hydrogen (secondary N) is 1. The molecule has 0 aromatic heterocycles. The summed E-state index contributed by atoms with van der Waals surface area (Å²) in [7, 11) is 2.42. The lowest BCUT2D eigenvalue weighted by atomic mass is 10.4. The van der Waals surface area contributed by atoms with Gasteiger partial charge in [0.15, 0.2) is 16.6 Å². The van der Waals surface area contributed by atoms with Crippen LogP contribution < -0.4 is 4.98 Å². The highest BCUT2D eigenvalue weighted by atomic mass is 28.4. The van der Waals surface area contributed by atoms with Gasteiger partial charge in [0.1, 0.15) is 8.24 Å². The Morgan fingerprint density at radius 1 is 0.538 bits per heavy atom. The smallest absolute Gasteiger partial charge is 0.183 e. The molecule has 6 heteroatoms. The Hall–Kier alpha value is -0.249. The third-order valence-corrected chi connectivity index (χ3v) is 6.59. The van der Waals surface area contributed by atoms with E-state index in [0.29, 0.717) is 0 Å². The maximum absolute atomic E-state index is 5.08. The summed E-state index contributed by atoms with van der Waals surface area (Å²) in [4.78, 5) is 3.24. The van der Waals surface area contributed by atoms with Gasteiger partial charge in [-0.15, -0.1) is 0 Å². The van der Waals surface area contributed by atoms with Crippen molar-refractivity contribution >= 4 is 24.9 Å². The van der Waals surface area contributed by atoms with Crippen LogP contribution in [0.4, 0.5) is 0 Å². The highest BCUT2D eigenvalue weighted by molar-refractivity contribution is 6.73. The molecule has 0 unspecified atom stereocenters. The first-order chi connectivity index (χ1) is 11.7. The summed E-state index contributed by atoms with van der Waals surface area (Å²) < 4.78 is 10.2. The van der Waals surface area contributed by atoms with E-state index in [-0.39, 0.29) is 0 Å². The van der Waals surface area contributed by atoms with Crippen molar-refractivity contribution < 1.29 is 8.85 Å². The minimum atomic E-state index is -1.13. The second-order valence-electron chi connectivity index (χ2n) is 8.29. The standard InChI is InChI=1S/C6H6.C4H13NSi.2C4H12OSi.C2H6/c1-2-4-6-5-3-1;3*1-5-6(2,3)4;1-2/h1-6H;5H,1-4H3;2*1-4H3;1-2H3. The van der Waals surface area contributed by atoms with Gasteiger partial charge in [0.05, 0.1) is 0 Å². The fourth-order valence-electron chi connectivity index (χ4n) is 0.385. The Bertz CT molecular complexity index is 296. The third-order valence-electron chi connectivity index (χ3n) is 2.64. The zero-order valence-electron chi connectivity index (χ0n) is 20.3. The van der Waals surface area contributed by atoms with Crippen LogP contribution in [-0.4, -0.2) is 46.1 Å². The van der Waals surface area contributed by atoms with Crippen LogP contribution in [-0.2, 0) is 8.85 Å². The summed E-state index contributed by atoms with van der Waals surface area (Å²) in [5.41, 5.74) is 0. The first kappa shape index (κ1) is 33.3. The summed E-state index contributed by atoms with van der Waals surface area (Å²) in [6.07, 6.45) is 0. The molecule has 0 atom stereocenters. The van der Waals surface area contributed by atoms with E-state index < -0.39 is 24.9 Å². The van der Waals surface area contributed by atoms with Crippen LogP contribution in [0.15, 0.2) is 36.4 Å². The van der Waals surface area contributed by atoms with Crippen molar-refractivity contribution in [3.63, 3.8) is 0 Å². The Labute approximate surface area is 169 Å². The molecule has 26 heavy (non-hydrogen) atoms. The number of hydrogen-bond donors (Lipinski definition) is 1. The van der Waals surface area contributed by atoms with E-state index in [1.54, 1.807) is 14.2 Å². The van der Waals surface area contributed by atoms with Gasteiger partial charge in [0.2, 0.25) is 0 Å². The predicted molar refractivity (Wildman–Crippen MR) is 131 cm³/mol. The molecule has 0 aliphatic carbocycles. The van der Waals surface area contributed by atoms with Crippen LogP contribution in [0.5, 0.6) is 0 Å². The summed E-state index contributed by atoms with van der Waals surface area (Å²) in [5, 5.41) is 0. The lowest BCUT2D eigenvalue weighted by Crippen LogP contribution is -2.37. The Morgan fingerprint density at radius 3 is 0.692 bits per heavy atom. The van der Waals surface area contributed by atoms with Gasteiger partial charge in [-0.1, -0.05) is 69.9 Å². The molecule has 0 bridgehead atoms. The van der Waals surface area contributed by atoms with E-state index in [4.69, 9.17) is 8.85 Å². The Morgan fingerprint density at radius 2 is 0.654 bits per heavy atom.